The zero-order chi connectivity index (χ0) is 14.1. The Bertz CT molecular complexity index is 390. The quantitative estimate of drug-likeness (QED) is 0.745. The van der Waals surface area contributed by atoms with Gasteiger partial charge in [-0.2, -0.15) is 0 Å². The van der Waals surface area contributed by atoms with Crippen molar-refractivity contribution in [3.05, 3.63) is 35.9 Å². The smallest absolute Gasteiger partial charge is 0.126 e. The van der Waals surface area contributed by atoms with E-state index >= 15 is 0 Å². The Hall–Kier alpha value is -1.28. The highest BCUT2D eigenvalue weighted by Crippen LogP contribution is 2.19. The highest BCUT2D eigenvalue weighted by atomic mass is 16.5. The van der Waals surface area contributed by atoms with Gasteiger partial charge in [-0.15, -0.1) is 0 Å². The summed E-state index contributed by atoms with van der Waals surface area (Å²) in [5, 5.41) is 3.42. The van der Waals surface area contributed by atoms with Crippen molar-refractivity contribution in [2.75, 3.05) is 19.7 Å². The van der Waals surface area contributed by atoms with Gasteiger partial charge in [0.15, 0.2) is 0 Å². The lowest BCUT2D eigenvalue weighted by Crippen LogP contribution is -2.25. The Labute approximate surface area is 117 Å². The van der Waals surface area contributed by atoms with Crippen LogP contribution in [0.3, 0.4) is 0 Å². The van der Waals surface area contributed by atoms with Crippen LogP contribution in [0.4, 0.5) is 0 Å². The predicted octanol–water partition coefficient (Wildman–Crippen LogP) is 4.12. The standard InChI is InChI=1S/C17H27NO/c1-5-8-15-9-6-7-10-16(15)19-14-13-18-12-11-17(2,3)4/h5-10,18H,11-14H2,1-4H3. The molecule has 106 valence electrons. The normalized spacial score (nSPS) is 12.0. The van der Waals surface area contributed by atoms with Gasteiger partial charge in [-0.3, -0.25) is 0 Å². The summed E-state index contributed by atoms with van der Waals surface area (Å²) in [6.07, 6.45) is 5.29. The fourth-order valence-corrected chi connectivity index (χ4v) is 1.75. The van der Waals surface area contributed by atoms with Gasteiger partial charge in [0, 0.05) is 12.1 Å². The first kappa shape index (κ1) is 15.8. The average Bonchev–Trinajstić information content (AvgIpc) is 2.34. The van der Waals surface area contributed by atoms with Gasteiger partial charge in [-0.1, -0.05) is 51.1 Å². The van der Waals surface area contributed by atoms with E-state index in [0.29, 0.717) is 12.0 Å². The average molecular weight is 261 g/mol. The van der Waals surface area contributed by atoms with Crippen LogP contribution in [-0.4, -0.2) is 19.7 Å². The molecule has 0 amide bonds. The minimum atomic E-state index is 0.395. The van der Waals surface area contributed by atoms with Gasteiger partial charge >= 0.3 is 0 Å². The minimum absolute atomic E-state index is 0.395. The van der Waals surface area contributed by atoms with Crippen LogP contribution in [0.15, 0.2) is 30.3 Å². The van der Waals surface area contributed by atoms with Crippen LogP contribution in [0.25, 0.3) is 6.08 Å². The van der Waals surface area contributed by atoms with Gasteiger partial charge in [-0.25, -0.2) is 0 Å². The molecule has 2 nitrogen and oxygen atoms in total. The molecule has 2 heteroatoms. The topological polar surface area (TPSA) is 21.3 Å². The molecule has 0 aliphatic heterocycles. The predicted molar refractivity (Wildman–Crippen MR) is 83.6 cm³/mol. The van der Waals surface area contributed by atoms with Crippen LogP contribution in [0.1, 0.15) is 39.7 Å². The Morgan fingerprint density at radius 1 is 1.16 bits per heavy atom. The largest absolute Gasteiger partial charge is 0.492 e. The molecule has 0 spiro atoms. The molecular weight excluding hydrogens is 234 g/mol. The fraction of sp³-hybridized carbons (Fsp3) is 0.529. The van der Waals surface area contributed by atoms with E-state index in [1.807, 2.05) is 31.2 Å². The van der Waals surface area contributed by atoms with Crippen LogP contribution in [0, 0.1) is 5.41 Å². The third kappa shape index (κ3) is 7.02. The second-order valence-corrected chi connectivity index (χ2v) is 5.95. The van der Waals surface area contributed by atoms with Crippen molar-refractivity contribution in [3.8, 4) is 5.75 Å². The van der Waals surface area contributed by atoms with Gasteiger partial charge in [-0.05, 0) is 31.4 Å². The van der Waals surface area contributed by atoms with Crippen molar-refractivity contribution in [2.45, 2.75) is 34.1 Å². The second kappa shape index (κ2) is 8.00. The van der Waals surface area contributed by atoms with Crippen LogP contribution in [-0.2, 0) is 0 Å². The Balaban J connectivity index is 2.26. The summed E-state index contributed by atoms with van der Waals surface area (Å²) in [6.45, 7) is 11.4. The van der Waals surface area contributed by atoms with E-state index in [2.05, 4.69) is 38.2 Å². The van der Waals surface area contributed by atoms with Gasteiger partial charge in [0.25, 0.3) is 0 Å². The van der Waals surface area contributed by atoms with Crippen molar-refractivity contribution in [3.63, 3.8) is 0 Å². The molecule has 0 bridgehead atoms. The van der Waals surface area contributed by atoms with Crippen molar-refractivity contribution in [1.29, 1.82) is 0 Å². The number of ether oxygens (including phenoxy) is 1. The van der Waals surface area contributed by atoms with E-state index < -0.39 is 0 Å². The Kier molecular flexibility index (Phi) is 6.65. The number of nitrogens with one attached hydrogen (secondary N) is 1. The highest BCUT2D eigenvalue weighted by Gasteiger charge is 2.08. The number of allylic oxidation sites excluding steroid dienone is 1. The maximum absolute atomic E-state index is 5.81. The molecule has 1 rings (SSSR count). The van der Waals surface area contributed by atoms with Gasteiger partial charge in [0.1, 0.15) is 12.4 Å². The Morgan fingerprint density at radius 2 is 1.89 bits per heavy atom. The van der Waals surface area contributed by atoms with Crippen molar-refractivity contribution < 1.29 is 4.74 Å². The van der Waals surface area contributed by atoms with E-state index in [4.69, 9.17) is 4.74 Å². The van der Waals surface area contributed by atoms with Crippen LogP contribution < -0.4 is 10.1 Å². The molecule has 0 saturated heterocycles. The fourth-order valence-electron chi connectivity index (χ4n) is 1.75. The minimum Gasteiger partial charge on any atom is -0.492 e. The third-order valence-corrected chi connectivity index (χ3v) is 2.85. The number of hydrogen-bond donors (Lipinski definition) is 1. The summed E-state index contributed by atoms with van der Waals surface area (Å²) in [6, 6.07) is 8.13. The molecule has 0 aliphatic rings. The molecule has 0 heterocycles. The molecule has 0 atom stereocenters. The lowest BCUT2D eigenvalue weighted by atomic mass is 9.92. The summed E-state index contributed by atoms with van der Waals surface area (Å²) in [4.78, 5) is 0. The van der Waals surface area contributed by atoms with Crippen molar-refractivity contribution in [2.24, 2.45) is 5.41 Å². The molecule has 1 N–H and O–H groups in total. The molecular formula is C17H27NO. The maximum atomic E-state index is 5.81. The first-order valence-corrected chi connectivity index (χ1v) is 7.08. The van der Waals surface area contributed by atoms with Crippen molar-refractivity contribution in [1.82, 2.24) is 5.32 Å². The Morgan fingerprint density at radius 3 is 2.58 bits per heavy atom. The van der Waals surface area contributed by atoms with E-state index in [9.17, 15) is 0 Å². The molecule has 0 saturated carbocycles. The number of para-hydroxylation sites is 1. The van der Waals surface area contributed by atoms with Crippen LogP contribution in [0.5, 0.6) is 5.75 Å². The number of benzene rings is 1. The number of rotatable bonds is 7. The number of hydrogen-bond acceptors (Lipinski definition) is 2. The van der Waals surface area contributed by atoms with E-state index in [0.717, 1.165) is 24.4 Å². The zero-order valence-corrected chi connectivity index (χ0v) is 12.7. The lowest BCUT2D eigenvalue weighted by molar-refractivity contribution is 0.303. The molecule has 0 aliphatic carbocycles. The molecule has 0 aromatic heterocycles. The van der Waals surface area contributed by atoms with E-state index in [1.54, 1.807) is 0 Å². The molecule has 1 aromatic rings. The summed E-state index contributed by atoms with van der Waals surface area (Å²) >= 11 is 0. The molecule has 0 radical (unpaired) electrons. The zero-order valence-electron chi connectivity index (χ0n) is 12.7. The monoisotopic (exact) mass is 261 g/mol. The first-order valence-electron chi connectivity index (χ1n) is 7.08. The van der Waals surface area contributed by atoms with Crippen LogP contribution in [0.2, 0.25) is 0 Å². The summed E-state index contributed by atoms with van der Waals surface area (Å²) in [7, 11) is 0. The molecule has 1 aromatic carbocycles. The SMILES string of the molecule is CC=Cc1ccccc1OCCNCCC(C)(C)C. The summed E-state index contributed by atoms with van der Waals surface area (Å²) < 4.78 is 5.81. The van der Waals surface area contributed by atoms with Gasteiger partial charge < -0.3 is 10.1 Å². The molecule has 0 fully saturated rings. The molecule has 0 unspecified atom stereocenters. The van der Waals surface area contributed by atoms with Crippen LogP contribution >= 0.6 is 0 Å². The van der Waals surface area contributed by atoms with Gasteiger partial charge in [0.2, 0.25) is 0 Å². The molecule has 19 heavy (non-hydrogen) atoms. The van der Waals surface area contributed by atoms with E-state index in [-0.39, 0.29) is 0 Å². The summed E-state index contributed by atoms with van der Waals surface area (Å²) in [5.74, 6) is 0.957. The van der Waals surface area contributed by atoms with E-state index in [1.165, 1.54) is 6.42 Å². The second-order valence-electron chi connectivity index (χ2n) is 5.95. The summed E-state index contributed by atoms with van der Waals surface area (Å²) in [5.41, 5.74) is 1.53. The van der Waals surface area contributed by atoms with Crippen molar-refractivity contribution >= 4 is 6.08 Å². The highest BCUT2D eigenvalue weighted by molar-refractivity contribution is 5.56. The van der Waals surface area contributed by atoms with Gasteiger partial charge in [0.05, 0.1) is 0 Å². The third-order valence-electron chi connectivity index (χ3n) is 2.85. The first-order chi connectivity index (χ1) is 9.03. The maximum Gasteiger partial charge on any atom is 0.126 e. The lowest BCUT2D eigenvalue weighted by Gasteiger charge is -2.18.